The van der Waals surface area contributed by atoms with E-state index in [2.05, 4.69) is 16.2 Å². The van der Waals surface area contributed by atoms with E-state index in [4.69, 9.17) is 9.47 Å². The zero-order chi connectivity index (χ0) is 22.9. The van der Waals surface area contributed by atoms with Crippen molar-refractivity contribution in [3.63, 3.8) is 0 Å². The van der Waals surface area contributed by atoms with E-state index in [1.54, 1.807) is 36.4 Å². The molecule has 0 unspecified atom stereocenters. The number of anilines is 1. The number of carbonyl (C=O) groups excluding carboxylic acids is 3. The molecule has 0 heterocycles. The zero-order valence-corrected chi connectivity index (χ0v) is 18.4. The lowest BCUT2D eigenvalue weighted by Crippen LogP contribution is -2.41. The van der Waals surface area contributed by atoms with E-state index in [0.29, 0.717) is 34.9 Å². The average molecular weight is 440 g/mol. The number of hydrazine groups is 1. The van der Waals surface area contributed by atoms with Gasteiger partial charge in [0, 0.05) is 22.7 Å². The maximum absolute atomic E-state index is 12.5. The van der Waals surface area contributed by atoms with Crippen molar-refractivity contribution in [2.45, 2.75) is 39.0 Å². The Labute approximate surface area is 187 Å². The van der Waals surface area contributed by atoms with Gasteiger partial charge in [0.2, 0.25) is 5.91 Å². The van der Waals surface area contributed by atoms with Crippen molar-refractivity contribution in [2.75, 3.05) is 19.0 Å². The Bertz CT molecular complexity index is 970. The van der Waals surface area contributed by atoms with E-state index in [-0.39, 0.29) is 11.8 Å². The highest BCUT2D eigenvalue weighted by Gasteiger charge is 2.21. The number of ether oxygens (including phenoxy) is 2. The summed E-state index contributed by atoms with van der Waals surface area (Å²) in [6.45, 7) is 2.32. The standard InChI is InChI=1S/C24H29N3O5/c1-3-32-20-13-12-18(15-21(20)31-2)24(30)27-26-23(29)17-10-7-11-19(14-17)25-22(28)16-8-5-4-6-9-16/h7,10-16H,3-6,8-9H2,1-2H3,(H,25,28)(H,26,29)(H,27,30). The maximum Gasteiger partial charge on any atom is 0.269 e. The van der Waals surface area contributed by atoms with Gasteiger partial charge in [0.1, 0.15) is 0 Å². The van der Waals surface area contributed by atoms with Crippen LogP contribution in [-0.4, -0.2) is 31.4 Å². The first kappa shape index (κ1) is 23.1. The Kier molecular flexibility index (Phi) is 8.08. The van der Waals surface area contributed by atoms with E-state index >= 15 is 0 Å². The van der Waals surface area contributed by atoms with Crippen molar-refractivity contribution >= 4 is 23.4 Å². The number of benzene rings is 2. The molecule has 3 rings (SSSR count). The van der Waals surface area contributed by atoms with Crippen LogP contribution in [0.15, 0.2) is 42.5 Å². The summed E-state index contributed by atoms with van der Waals surface area (Å²) in [7, 11) is 1.49. The molecule has 1 fully saturated rings. The van der Waals surface area contributed by atoms with Crippen LogP contribution in [0.5, 0.6) is 11.5 Å². The maximum atomic E-state index is 12.5. The van der Waals surface area contributed by atoms with Gasteiger partial charge >= 0.3 is 0 Å². The molecule has 0 spiro atoms. The lowest BCUT2D eigenvalue weighted by atomic mass is 9.88. The molecule has 3 N–H and O–H groups in total. The lowest BCUT2D eigenvalue weighted by Gasteiger charge is -2.20. The summed E-state index contributed by atoms with van der Waals surface area (Å²) in [5.74, 6) is -0.0342. The largest absolute Gasteiger partial charge is 0.493 e. The van der Waals surface area contributed by atoms with Gasteiger partial charge in [0.05, 0.1) is 13.7 Å². The fourth-order valence-electron chi connectivity index (χ4n) is 3.69. The van der Waals surface area contributed by atoms with Crippen molar-refractivity contribution in [3.8, 4) is 11.5 Å². The van der Waals surface area contributed by atoms with Crippen molar-refractivity contribution in [2.24, 2.45) is 5.92 Å². The topological polar surface area (TPSA) is 106 Å². The summed E-state index contributed by atoms with van der Waals surface area (Å²) in [4.78, 5) is 37.4. The first-order valence-electron chi connectivity index (χ1n) is 10.8. The number of nitrogens with one attached hydrogen (secondary N) is 3. The summed E-state index contributed by atoms with van der Waals surface area (Å²) in [6, 6.07) is 11.4. The third-order valence-corrected chi connectivity index (χ3v) is 5.38. The molecule has 0 radical (unpaired) electrons. The van der Waals surface area contributed by atoms with E-state index in [0.717, 1.165) is 25.7 Å². The number of hydrogen-bond acceptors (Lipinski definition) is 5. The fourth-order valence-corrected chi connectivity index (χ4v) is 3.69. The monoisotopic (exact) mass is 439 g/mol. The van der Waals surface area contributed by atoms with Crippen LogP contribution >= 0.6 is 0 Å². The summed E-state index contributed by atoms with van der Waals surface area (Å²) in [5, 5.41) is 2.89. The molecule has 8 heteroatoms. The normalized spacial score (nSPS) is 13.7. The van der Waals surface area contributed by atoms with Crippen LogP contribution in [0.4, 0.5) is 5.69 Å². The lowest BCUT2D eigenvalue weighted by molar-refractivity contribution is -0.120. The van der Waals surface area contributed by atoms with Gasteiger partial charge in [0.25, 0.3) is 11.8 Å². The quantitative estimate of drug-likeness (QED) is 0.571. The molecular formula is C24H29N3O5. The van der Waals surface area contributed by atoms with Crippen LogP contribution < -0.4 is 25.6 Å². The number of methoxy groups -OCH3 is 1. The van der Waals surface area contributed by atoms with Crippen molar-refractivity contribution in [1.29, 1.82) is 0 Å². The first-order chi connectivity index (χ1) is 15.5. The van der Waals surface area contributed by atoms with E-state index in [1.807, 2.05) is 6.92 Å². The van der Waals surface area contributed by atoms with Crippen LogP contribution in [-0.2, 0) is 4.79 Å². The van der Waals surface area contributed by atoms with Gasteiger partial charge in [0.15, 0.2) is 11.5 Å². The molecule has 1 aliphatic carbocycles. The molecule has 2 aromatic carbocycles. The zero-order valence-electron chi connectivity index (χ0n) is 18.4. The van der Waals surface area contributed by atoms with Gasteiger partial charge in [-0.25, -0.2) is 0 Å². The predicted octanol–water partition coefficient (Wildman–Crippen LogP) is 3.69. The van der Waals surface area contributed by atoms with Crippen LogP contribution in [0, 0.1) is 5.92 Å². The van der Waals surface area contributed by atoms with Crippen LogP contribution in [0.1, 0.15) is 59.7 Å². The highest BCUT2D eigenvalue weighted by molar-refractivity contribution is 6.00. The van der Waals surface area contributed by atoms with Crippen molar-refractivity contribution in [1.82, 2.24) is 10.9 Å². The van der Waals surface area contributed by atoms with E-state index < -0.39 is 11.8 Å². The van der Waals surface area contributed by atoms with Gasteiger partial charge in [-0.15, -0.1) is 0 Å². The van der Waals surface area contributed by atoms with Crippen LogP contribution in [0.3, 0.4) is 0 Å². The third-order valence-electron chi connectivity index (χ3n) is 5.38. The van der Waals surface area contributed by atoms with E-state index in [1.165, 1.54) is 19.6 Å². The molecule has 8 nitrogen and oxygen atoms in total. The number of hydrogen-bond donors (Lipinski definition) is 3. The fraction of sp³-hybridized carbons (Fsp3) is 0.375. The highest BCUT2D eigenvalue weighted by Crippen LogP contribution is 2.28. The Morgan fingerprint density at radius 1 is 0.906 bits per heavy atom. The molecule has 0 aromatic heterocycles. The molecule has 0 aliphatic heterocycles. The number of carbonyl (C=O) groups is 3. The Morgan fingerprint density at radius 3 is 2.25 bits per heavy atom. The van der Waals surface area contributed by atoms with Crippen molar-refractivity contribution < 1.29 is 23.9 Å². The van der Waals surface area contributed by atoms with Gasteiger partial charge < -0.3 is 14.8 Å². The second-order valence-corrected chi connectivity index (χ2v) is 7.61. The summed E-state index contributed by atoms with van der Waals surface area (Å²) >= 11 is 0. The molecule has 170 valence electrons. The molecule has 0 saturated heterocycles. The Hall–Kier alpha value is -3.55. The minimum absolute atomic E-state index is 0.0139. The Morgan fingerprint density at radius 2 is 1.59 bits per heavy atom. The second kappa shape index (κ2) is 11.2. The number of rotatable bonds is 7. The smallest absolute Gasteiger partial charge is 0.269 e. The second-order valence-electron chi connectivity index (χ2n) is 7.61. The molecule has 32 heavy (non-hydrogen) atoms. The molecule has 0 atom stereocenters. The summed E-state index contributed by atoms with van der Waals surface area (Å²) in [5.41, 5.74) is 5.96. The molecule has 1 saturated carbocycles. The molecule has 3 amide bonds. The molecule has 0 bridgehead atoms. The molecule has 2 aromatic rings. The molecule has 1 aliphatic rings. The predicted molar refractivity (Wildman–Crippen MR) is 121 cm³/mol. The highest BCUT2D eigenvalue weighted by atomic mass is 16.5. The summed E-state index contributed by atoms with van der Waals surface area (Å²) < 4.78 is 10.7. The number of amides is 3. The minimum Gasteiger partial charge on any atom is -0.493 e. The van der Waals surface area contributed by atoms with Gasteiger partial charge in [-0.1, -0.05) is 25.3 Å². The molecular weight excluding hydrogens is 410 g/mol. The van der Waals surface area contributed by atoms with Crippen LogP contribution in [0.2, 0.25) is 0 Å². The summed E-state index contributed by atoms with van der Waals surface area (Å²) in [6.07, 6.45) is 5.11. The SMILES string of the molecule is CCOc1ccc(C(=O)NNC(=O)c2cccc(NC(=O)C3CCCCC3)c2)cc1OC. The first-order valence-corrected chi connectivity index (χ1v) is 10.8. The minimum atomic E-state index is -0.499. The van der Waals surface area contributed by atoms with Gasteiger partial charge in [-0.2, -0.15) is 0 Å². The average Bonchev–Trinajstić information content (AvgIpc) is 2.83. The van der Waals surface area contributed by atoms with Gasteiger partial charge in [-0.3, -0.25) is 25.2 Å². The third kappa shape index (κ3) is 6.00. The van der Waals surface area contributed by atoms with Gasteiger partial charge in [-0.05, 0) is 56.2 Å². The van der Waals surface area contributed by atoms with Crippen molar-refractivity contribution in [3.05, 3.63) is 53.6 Å². The Balaban J connectivity index is 1.58. The van der Waals surface area contributed by atoms with E-state index in [9.17, 15) is 14.4 Å². The van der Waals surface area contributed by atoms with Crippen LogP contribution in [0.25, 0.3) is 0 Å².